The fourth-order valence-corrected chi connectivity index (χ4v) is 3.50. The van der Waals surface area contributed by atoms with Crippen LogP contribution in [0.4, 0.5) is 0 Å². The summed E-state index contributed by atoms with van der Waals surface area (Å²) in [5, 5.41) is 7.93. The molecule has 0 aliphatic carbocycles. The Labute approximate surface area is 146 Å². The van der Waals surface area contributed by atoms with Crippen molar-refractivity contribution in [3.8, 4) is 5.75 Å². The van der Waals surface area contributed by atoms with Gasteiger partial charge in [-0.05, 0) is 25.0 Å². The van der Waals surface area contributed by atoms with E-state index in [-0.39, 0.29) is 25.6 Å². The molecule has 8 nitrogen and oxygen atoms in total. The molecule has 1 atom stereocenters. The molecule has 0 saturated carbocycles. The van der Waals surface area contributed by atoms with Crippen LogP contribution in [0, 0.1) is 13.8 Å². The Morgan fingerprint density at radius 3 is 2.68 bits per heavy atom. The largest absolute Gasteiger partial charge is 0.483 e. The van der Waals surface area contributed by atoms with Gasteiger partial charge in [-0.25, -0.2) is 8.42 Å². The van der Waals surface area contributed by atoms with Crippen LogP contribution in [0.1, 0.15) is 29.0 Å². The highest BCUT2D eigenvalue weighted by Gasteiger charge is 2.31. The second-order valence-electron chi connectivity index (χ2n) is 6.02. The van der Waals surface area contributed by atoms with E-state index in [1.54, 1.807) is 0 Å². The predicted octanol–water partition coefficient (Wildman–Crippen LogP) is 1.60. The molecule has 2 aromatic rings. The number of benzene rings is 1. The highest BCUT2D eigenvalue weighted by molar-refractivity contribution is 7.88. The number of para-hydroxylation sites is 1. The third-order valence-electron chi connectivity index (χ3n) is 4.00. The lowest BCUT2D eigenvalue weighted by Gasteiger charge is -2.29. The van der Waals surface area contributed by atoms with Crippen molar-refractivity contribution in [3.63, 3.8) is 0 Å². The predicted molar refractivity (Wildman–Crippen MR) is 89.7 cm³/mol. The number of rotatable bonds is 5. The van der Waals surface area contributed by atoms with E-state index in [1.165, 1.54) is 10.6 Å². The minimum absolute atomic E-state index is 0.140. The van der Waals surface area contributed by atoms with Gasteiger partial charge in [0.1, 0.15) is 11.9 Å². The molecule has 2 heterocycles. The summed E-state index contributed by atoms with van der Waals surface area (Å²) in [6.07, 6.45) is 0.609. The normalized spacial score (nSPS) is 19.1. The maximum absolute atomic E-state index is 11.7. The smallest absolute Gasteiger partial charge is 0.254 e. The van der Waals surface area contributed by atoms with Crippen LogP contribution in [0.5, 0.6) is 5.75 Å². The van der Waals surface area contributed by atoms with Gasteiger partial charge in [0, 0.05) is 13.1 Å². The van der Waals surface area contributed by atoms with E-state index in [1.807, 2.05) is 32.0 Å². The van der Waals surface area contributed by atoms with Gasteiger partial charge in [-0.2, -0.15) is 4.31 Å². The zero-order valence-electron chi connectivity index (χ0n) is 14.4. The topological polar surface area (TPSA) is 94.8 Å². The van der Waals surface area contributed by atoms with Crippen LogP contribution in [0.2, 0.25) is 0 Å². The Morgan fingerprint density at radius 2 is 2.00 bits per heavy atom. The molecule has 0 unspecified atom stereocenters. The molecule has 0 bridgehead atoms. The van der Waals surface area contributed by atoms with E-state index < -0.39 is 16.1 Å². The SMILES string of the molecule is Cc1cccc(C)c1OCc1nnc([C@H]2CN(S(C)(=O)=O)CCO2)o1. The first-order valence-electron chi connectivity index (χ1n) is 7.92. The van der Waals surface area contributed by atoms with Crippen molar-refractivity contribution < 1.29 is 22.3 Å². The number of hydrogen-bond donors (Lipinski definition) is 0. The molecular formula is C16H21N3O5S. The van der Waals surface area contributed by atoms with Crippen LogP contribution in [0.15, 0.2) is 22.6 Å². The van der Waals surface area contributed by atoms with Gasteiger partial charge in [-0.1, -0.05) is 18.2 Å². The zero-order chi connectivity index (χ0) is 18.0. The number of morpholine rings is 1. The number of hydrogen-bond acceptors (Lipinski definition) is 7. The van der Waals surface area contributed by atoms with Crippen molar-refractivity contribution in [1.82, 2.24) is 14.5 Å². The van der Waals surface area contributed by atoms with Crippen LogP contribution in [-0.4, -0.2) is 48.9 Å². The third-order valence-corrected chi connectivity index (χ3v) is 5.27. The summed E-state index contributed by atoms with van der Waals surface area (Å²) < 4.78 is 41.6. The number of aromatic nitrogens is 2. The summed E-state index contributed by atoms with van der Waals surface area (Å²) in [6, 6.07) is 5.91. The fourth-order valence-electron chi connectivity index (χ4n) is 2.69. The van der Waals surface area contributed by atoms with Gasteiger partial charge in [0.15, 0.2) is 6.61 Å². The molecule has 1 fully saturated rings. The number of sulfonamides is 1. The summed E-state index contributed by atoms with van der Waals surface area (Å²) in [7, 11) is -3.28. The average molecular weight is 367 g/mol. The Bertz CT molecular complexity index is 829. The molecule has 1 aromatic heterocycles. The maximum Gasteiger partial charge on any atom is 0.254 e. The van der Waals surface area contributed by atoms with Gasteiger partial charge in [0.05, 0.1) is 12.9 Å². The lowest BCUT2D eigenvalue weighted by Crippen LogP contribution is -2.41. The van der Waals surface area contributed by atoms with Crippen LogP contribution < -0.4 is 4.74 Å². The Morgan fingerprint density at radius 1 is 1.28 bits per heavy atom. The average Bonchev–Trinajstić information content (AvgIpc) is 3.03. The van der Waals surface area contributed by atoms with Crippen molar-refractivity contribution in [2.75, 3.05) is 26.0 Å². The molecule has 9 heteroatoms. The Kier molecular flexibility index (Phi) is 5.07. The second-order valence-corrected chi connectivity index (χ2v) is 8.01. The molecule has 0 radical (unpaired) electrons. The summed E-state index contributed by atoms with van der Waals surface area (Å²) in [5.41, 5.74) is 2.05. The molecular weight excluding hydrogens is 346 g/mol. The van der Waals surface area contributed by atoms with Crippen molar-refractivity contribution in [2.45, 2.75) is 26.6 Å². The third kappa shape index (κ3) is 4.17. The van der Waals surface area contributed by atoms with E-state index in [2.05, 4.69) is 10.2 Å². The monoisotopic (exact) mass is 367 g/mol. The standard InChI is InChI=1S/C16H21N3O5S/c1-11-5-4-6-12(2)15(11)23-10-14-17-18-16(24-14)13-9-19(7-8-22-13)25(3,20)21/h4-6,13H,7-10H2,1-3H3/t13-/m1/s1. The van der Waals surface area contributed by atoms with Crippen LogP contribution in [0.3, 0.4) is 0 Å². The first kappa shape index (κ1) is 17.8. The molecule has 1 aliphatic rings. The summed E-state index contributed by atoms with van der Waals surface area (Å²) in [6.45, 7) is 4.86. The number of nitrogens with zero attached hydrogens (tertiary/aromatic N) is 3. The van der Waals surface area contributed by atoms with Crippen LogP contribution >= 0.6 is 0 Å². The minimum atomic E-state index is -3.28. The van der Waals surface area contributed by atoms with Gasteiger partial charge in [0.25, 0.3) is 5.89 Å². The quantitative estimate of drug-likeness (QED) is 0.792. The van der Waals surface area contributed by atoms with Crippen molar-refractivity contribution in [3.05, 3.63) is 41.1 Å². The molecule has 1 aliphatic heterocycles. The maximum atomic E-state index is 11.7. The van der Waals surface area contributed by atoms with Crippen molar-refractivity contribution in [1.29, 1.82) is 0 Å². The summed E-state index contributed by atoms with van der Waals surface area (Å²) >= 11 is 0. The number of ether oxygens (including phenoxy) is 2. The second kappa shape index (κ2) is 7.11. The highest BCUT2D eigenvalue weighted by atomic mass is 32.2. The molecule has 1 aromatic carbocycles. The lowest BCUT2D eigenvalue weighted by molar-refractivity contribution is -0.0180. The van der Waals surface area contributed by atoms with E-state index in [0.717, 1.165) is 16.9 Å². The first-order valence-corrected chi connectivity index (χ1v) is 9.77. The van der Waals surface area contributed by atoms with Crippen molar-refractivity contribution in [2.24, 2.45) is 0 Å². The minimum Gasteiger partial charge on any atom is -0.483 e. The van der Waals surface area contributed by atoms with E-state index in [9.17, 15) is 8.42 Å². The highest BCUT2D eigenvalue weighted by Crippen LogP contribution is 2.25. The van der Waals surface area contributed by atoms with Crippen LogP contribution in [0.25, 0.3) is 0 Å². The van der Waals surface area contributed by atoms with Crippen molar-refractivity contribution >= 4 is 10.0 Å². The van der Waals surface area contributed by atoms with Gasteiger partial charge < -0.3 is 13.9 Å². The Hall–Kier alpha value is -1.97. The van der Waals surface area contributed by atoms with Gasteiger partial charge >= 0.3 is 0 Å². The van der Waals surface area contributed by atoms with E-state index in [4.69, 9.17) is 13.9 Å². The molecule has 1 saturated heterocycles. The summed E-state index contributed by atoms with van der Waals surface area (Å²) in [4.78, 5) is 0. The summed E-state index contributed by atoms with van der Waals surface area (Å²) in [5.74, 6) is 1.37. The molecule has 3 rings (SSSR count). The van der Waals surface area contributed by atoms with Gasteiger partial charge in [0.2, 0.25) is 15.9 Å². The Balaban J connectivity index is 1.66. The molecule has 136 valence electrons. The molecule has 0 N–H and O–H groups in total. The lowest BCUT2D eigenvalue weighted by atomic mass is 10.1. The fraction of sp³-hybridized carbons (Fsp3) is 0.500. The van der Waals surface area contributed by atoms with Crippen LogP contribution in [-0.2, 0) is 21.4 Å². The zero-order valence-corrected chi connectivity index (χ0v) is 15.2. The molecule has 0 spiro atoms. The number of aryl methyl sites for hydroxylation is 2. The van der Waals surface area contributed by atoms with Gasteiger partial charge in [-0.15, -0.1) is 10.2 Å². The van der Waals surface area contributed by atoms with Gasteiger partial charge in [-0.3, -0.25) is 0 Å². The molecule has 25 heavy (non-hydrogen) atoms. The first-order chi connectivity index (χ1) is 11.8. The molecule has 0 amide bonds. The van der Waals surface area contributed by atoms with E-state index in [0.29, 0.717) is 12.4 Å². The van der Waals surface area contributed by atoms with E-state index >= 15 is 0 Å².